The number of nitrogens with one attached hydrogen (secondary N) is 1. The molecule has 0 fully saturated rings. The van der Waals surface area contributed by atoms with Crippen LogP contribution in [-0.2, 0) is 24.4 Å². The van der Waals surface area contributed by atoms with Crippen LogP contribution < -0.4 is 5.32 Å². The third-order valence-electron chi connectivity index (χ3n) is 5.20. The van der Waals surface area contributed by atoms with Crippen LogP contribution in [0.2, 0.25) is 0 Å². The van der Waals surface area contributed by atoms with Gasteiger partial charge in [-0.15, -0.1) is 0 Å². The van der Waals surface area contributed by atoms with Crippen molar-refractivity contribution in [1.29, 1.82) is 0 Å². The summed E-state index contributed by atoms with van der Waals surface area (Å²) in [5.41, 5.74) is 4.79. The fourth-order valence-corrected chi connectivity index (χ4v) is 3.74. The number of aromatic nitrogens is 3. The molecule has 32 heavy (non-hydrogen) atoms. The van der Waals surface area contributed by atoms with Crippen LogP contribution in [0.1, 0.15) is 23.6 Å². The third kappa shape index (κ3) is 5.23. The van der Waals surface area contributed by atoms with Gasteiger partial charge in [0.2, 0.25) is 5.91 Å². The fourth-order valence-electron chi connectivity index (χ4n) is 3.74. The van der Waals surface area contributed by atoms with Gasteiger partial charge in [0.1, 0.15) is 0 Å². The molecule has 1 N–H and O–H groups in total. The summed E-state index contributed by atoms with van der Waals surface area (Å²) >= 11 is 0. The number of benzene rings is 1. The third-order valence-corrected chi connectivity index (χ3v) is 5.20. The molecule has 166 valence electrons. The quantitative estimate of drug-likeness (QED) is 0.573. The molecule has 0 aliphatic carbocycles. The van der Waals surface area contributed by atoms with Gasteiger partial charge in [0.15, 0.2) is 0 Å². The molecule has 0 saturated carbocycles. The Labute approximate surface area is 183 Å². The van der Waals surface area contributed by atoms with Crippen molar-refractivity contribution >= 4 is 17.7 Å². The summed E-state index contributed by atoms with van der Waals surface area (Å²) in [7, 11) is 0. The molecule has 0 unspecified atom stereocenters. The van der Waals surface area contributed by atoms with Gasteiger partial charge < -0.3 is 5.32 Å². The highest BCUT2D eigenvalue weighted by Crippen LogP contribution is 2.29. The van der Waals surface area contributed by atoms with Crippen molar-refractivity contribution in [3.8, 4) is 11.1 Å². The molecule has 0 atom stereocenters. The standard InChI is InChI=1S/C23H22F3N5O/c1-2-31-14-19(11-28-31)21-7-8-27-10-16(21)4-6-22(32)29-20-5-3-17-12-30(13-18(17)9-20)15-23(24,25)26/h3-11,14H,2,12-13,15H2,1H3,(H,29,32)/b6-4+. The Morgan fingerprint density at radius 3 is 2.75 bits per heavy atom. The van der Waals surface area contributed by atoms with Gasteiger partial charge in [-0.05, 0) is 47.9 Å². The van der Waals surface area contributed by atoms with E-state index in [1.165, 1.54) is 11.0 Å². The Bertz CT molecular complexity index is 1150. The molecule has 3 heterocycles. The van der Waals surface area contributed by atoms with Crippen molar-refractivity contribution in [2.75, 3.05) is 11.9 Å². The van der Waals surface area contributed by atoms with Gasteiger partial charge >= 0.3 is 6.18 Å². The van der Waals surface area contributed by atoms with Gasteiger partial charge in [-0.2, -0.15) is 18.3 Å². The largest absolute Gasteiger partial charge is 0.401 e. The van der Waals surface area contributed by atoms with E-state index in [2.05, 4.69) is 15.4 Å². The van der Waals surface area contributed by atoms with Crippen LogP contribution in [0.4, 0.5) is 18.9 Å². The minimum atomic E-state index is -4.23. The predicted molar refractivity (Wildman–Crippen MR) is 115 cm³/mol. The minimum Gasteiger partial charge on any atom is -0.323 e. The van der Waals surface area contributed by atoms with Crippen molar-refractivity contribution < 1.29 is 18.0 Å². The lowest BCUT2D eigenvalue weighted by molar-refractivity contribution is -0.147. The molecule has 1 aliphatic rings. The number of amides is 1. The van der Waals surface area contributed by atoms with E-state index in [1.807, 2.05) is 23.9 Å². The summed E-state index contributed by atoms with van der Waals surface area (Å²) in [6.45, 7) is 2.27. The summed E-state index contributed by atoms with van der Waals surface area (Å²) in [5, 5.41) is 7.06. The van der Waals surface area contributed by atoms with Crippen molar-refractivity contribution in [3.63, 3.8) is 0 Å². The number of pyridine rings is 1. The van der Waals surface area contributed by atoms with Gasteiger partial charge in [0, 0.05) is 61.1 Å². The predicted octanol–water partition coefficient (Wildman–Crippen LogP) is 4.49. The molecule has 0 saturated heterocycles. The molecule has 0 radical (unpaired) electrons. The molecule has 9 heteroatoms. The highest BCUT2D eigenvalue weighted by molar-refractivity contribution is 6.02. The Morgan fingerprint density at radius 1 is 1.19 bits per heavy atom. The molecule has 1 amide bonds. The zero-order valence-electron chi connectivity index (χ0n) is 17.4. The number of halogens is 3. The monoisotopic (exact) mass is 441 g/mol. The molecule has 1 aromatic carbocycles. The number of carbonyl (C=O) groups is 1. The number of carbonyl (C=O) groups excluding carboxylic acids is 1. The van der Waals surface area contributed by atoms with Crippen molar-refractivity contribution in [1.82, 2.24) is 19.7 Å². The molecule has 4 rings (SSSR count). The fraction of sp³-hybridized carbons (Fsp3) is 0.261. The van der Waals surface area contributed by atoms with Crippen LogP contribution in [0.3, 0.4) is 0 Å². The number of hydrogen-bond donors (Lipinski definition) is 1. The Hall–Kier alpha value is -3.46. The van der Waals surface area contributed by atoms with Crippen LogP contribution in [0.5, 0.6) is 0 Å². The maximum atomic E-state index is 12.6. The average molecular weight is 441 g/mol. The van der Waals surface area contributed by atoms with Crippen LogP contribution in [0.25, 0.3) is 17.2 Å². The topological polar surface area (TPSA) is 63.1 Å². The molecule has 6 nitrogen and oxygen atoms in total. The number of hydrogen-bond acceptors (Lipinski definition) is 4. The minimum absolute atomic E-state index is 0.207. The van der Waals surface area contributed by atoms with E-state index in [0.717, 1.165) is 34.4 Å². The number of alkyl halides is 3. The average Bonchev–Trinajstić information content (AvgIpc) is 3.37. The summed E-state index contributed by atoms with van der Waals surface area (Å²) in [5.74, 6) is -0.339. The summed E-state index contributed by atoms with van der Waals surface area (Å²) in [6.07, 6.45) is 5.91. The molecular weight excluding hydrogens is 419 g/mol. The first kappa shape index (κ1) is 21.8. The van der Waals surface area contributed by atoms with E-state index in [9.17, 15) is 18.0 Å². The zero-order chi connectivity index (χ0) is 22.7. The van der Waals surface area contributed by atoms with Gasteiger partial charge in [0.05, 0.1) is 12.7 Å². The Morgan fingerprint density at radius 2 is 2.00 bits per heavy atom. The van der Waals surface area contributed by atoms with E-state index in [0.29, 0.717) is 5.69 Å². The number of fused-ring (bicyclic) bond motifs is 1. The summed E-state index contributed by atoms with van der Waals surface area (Å²) < 4.78 is 39.8. The van der Waals surface area contributed by atoms with Crippen LogP contribution in [0.15, 0.2) is 55.1 Å². The van der Waals surface area contributed by atoms with E-state index in [1.54, 1.807) is 42.9 Å². The molecule has 0 bridgehead atoms. The van der Waals surface area contributed by atoms with Gasteiger partial charge in [0.25, 0.3) is 0 Å². The highest BCUT2D eigenvalue weighted by Gasteiger charge is 2.33. The van der Waals surface area contributed by atoms with Crippen LogP contribution in [0, 0.1) is 0 Å². The number of rotatable bonds is 6. The van der Waals surface area contributed by atoms with Crippen molar-refractivity contribution in [2.45, 2.75) is 32.7 Å². The normalized spacial score (nSPS) is 14.1. The lowest BCUT2D eigenvalue weighted by Crippen LogP contribution is -2.29. The lowest BCUT2D eigenvalue weighted by atomic mass is 10.0. The maximum absolute atomic E-state index is 12.6. The number of nitrogens with zero attached hydrogens (tertiary/aromatic N) is 4. The lowest BCUT2D eigenvalue weighted by Gasteiger charge is -2.16. The van der Waals surface area contributed by atoms with Crippen molar-refractivity contribution in [2.24, 2.45) is 0 Å². The molecule has 1 aliphatic heterocycles. The Balaban J connectivity index is 1.43. The van der Waals surface area contributed by atoms with Crippen LogP contribution >= 0.6 is 0 Å². The first-order chi connectivity index (χ1) is 15.3. The SMILES string of the molecule is CCn1cc(-c2ccncc2/C=C/C(=O)Nc2ccc3c(c2)CN(CC(F)(F)F)C3)cn1. The van der Waals surface area contributed by atoms with Gasteiger partial charge in [-0.25, -0.2) is 0 Å². The first-order valence-electron chi connectivity index (χ1n) is 10.2. The second kappa shape index (κ2) is 8.96. The van der Waals surface area contributed by atoms with E-state index in [4.69, 9.17) is 0 Å². The molecular formula is C23H22F3N5O. The highest BCUT2D eigenvalue weighted by atomic mass is 19.4. The maximum Gasteiger partial charge on any atom is 0.401 e. The molecule has 3 aromatic rings. The van der Waals surface area contributed by atoms with Gasteiger partial charge in [-0.1, -0.05) is 6.07 Å². The smallest absolute Gasteiger partial charge is 0.323 e. The number of aryl methyl sites for hydroxylation is 1. The summed E-state index contributed by atoms with van der Waals surface area (Å²) in [4.78, 5) is 17.9. The van der Waals surface area contributed by atoms with E-state index in [-0.39, 0.29) is 19.0 Å². The van der Waals surface area contributed by atoms with Crippen LogP contribution in [-0.4, -0.2) is 38.3 Å². The van der Waals surface area contributed by atoms with Gasteiger partial charge in [-0.3, -0.25) is 19.4 Å². The molecule has 0 spiro atoms. The zero-order valence-corrected chi connectivity index (χ0v) is 17.4. The first-order valence-corrected chi connectivity index (χ1v) is 10.2. The van der Waals surface area contributed by atoms with E-state index >= 15 is 0 Å². The number of anilines is 1. The molecule has 2 aromatic heterocycles. The van der Waals surface area contributed by atoms with E-state index < -0.39 is 12.7 Å². The summed E-state index contributed by atoms with van der Waals surface area (Å²) in [6, 6.07) is 7.06. The van der Waals surface area contributed by atoms with Crippen molar-refractivity contribution in [3.05, 3.63) is 71.8 Å². The second-order valence-electron chi connectivity index (χ2n) is 7.61. The Kier molecular flexibility index (Phi) is 6.09. The second-order valence-corrected chi connectivity index (χ2v) is 7.61.